The second kappa shape index (κ2) is 10.6. The summed E-state index contributed by atoms with van der Waals surface area (Å²) in [7, 11) is 6.08. The van der Waals surface area contributed by atoms with Crippen LogP contribution in [0.15, 0.2) is 42.5 Å². The van der Waals surface area contributed by atoms with Crippen LogP contribution in [0.25, 0.3) is 11.1 Å². The highest BCUT2D eigenvalue weighted by atomic mass is 16.7. The van der Waals surface area contributed by atoms with Gasteiger partial charge < -0.3 is 38.3 Å². The molecule has 0 radical (unpaired) electrons. The monoisotopic (exact) mass is 536 g/mol. The quantitative estimate of drug-likeness (QED) is 0.419. The van der Waals surface area contributed by atoms with Crippen LogP contribution in [0.4, 0.5) is 0 Å². The first-order valence-corrected chi connectivity index (χ1v) is 12.6. The average molecular weight is 537 g/mol. The van der Waals surface area contributed by atoms with E-state index in [0.717, 1.165) is 0 Å². The molecule has 0 saturated heterocycles. The standard InChI is InChI=1S/C30H32O9/c1-15-16(2)25(39-30(32)17-10-8-7-9-11-17)19-13-20(33-3)26(34-4)28(35-5)23(19)22-18(24(15)31)12-21-27(29(22)36-6)38-14-37-21/h7-13,15-16,24-25,31H,14H2,1-6H3/t15-,16+,24-,25-/m1/s1. The highest BCUT2D eigenvalue weighted by molar-refractivity contribution is 5.91. The van der Waals surface area contributed by atoms with Gasteiger partial charge in [-0.1, -0.05) is 32.0 Å². The maximum absolute atomic E-state index is 13.4. The van der Waals surface area contributed by atoms with E-state index in [1.807, 2.05) is 19.9 Å². The van der Waals surface area contributed by atoms with E-state index in [1.54, 1.807) is 36.4 Å². The number of fused-ring (bicyclic) bond motifs is 4. The number of benzene rings is 3. The van der Waals surface area contributed by atoms with Crippen molar-refractivity contribution in [3.63, 3.8) is 0 Å². The van der Waals surface area contributed by atoms with Crippen LogP contribution < -0.4 is 28.4 Å². The predicted molar refractivity (Wildman–Crippen MR) is 142 cm³/mol. The molecule has 4 atom stereocenters. The number of aliphatic hydroxyl groups excluding tert-OH is 1. The molecule has 0 aromatic heterocycles. The minimum atomic E-state index is -0.970. The first-order chi connectivity index (χ1) is 18.9. The van der Waals surface area contributed by atoms with Crippen LogP contribution >= 0.6 is 0 Å². The molecule has 206 valence electrons. The first-order valence-electron chi connectivity index (χ1n) is 12.6. The zero-order valence-electron chi connectivity index (χ0n) is 22.8. The Morgan fingerprint density at radius 1 is 0.821 bits per heavy atom. The summed E-state index contributed by atoms with van der Waals surface area (Å²) in [4.78, 5) is 13.4. The lowest BCUT2D eigenvalue weighted by atomic mass is 9.74. The lowest BCUT2D eigenvalue weighted by molar-refractivity contribution is -0.0135. The van der Waals surface area contributed by atoms with Gasteiger partial charge in [0.2, 0.25) is 18.3 Å². The Morgan fingerprint density at radius 3 is 2.13 bits per heavy atom. The number of ether oxygens (including phenoxy) is 7. The summed E-state index contributed by atoms with van der Waals surface area (Å²) in [6, 6.07) is 12.3. The Kier molecular flexibility index (Phi) is 7.18. The normalized spacial score (nSPS) is 21.1. The lowest BCUT2D eigenvalue weighted by Gasteiger charge is -2.37. The second-order valence-corrected chi connectivity index (χ2v) is 9.57. The largest absolute Gasteiger partial charge is 0.493 e. The number of rotatable bonds is 6. The van der Waals surface area contributed by atoms with Crippen molar-refractivity contribution in [2.45, 2.75) is 26.1 Å². The molecule has 5 rings (SSSR count). The summed E-state index contributed by atoms with van der Waals surface area (Å²) in [5.74, 6) is 1.13. The molecule has 2 aliphatic rings. The average Bonchev–Trinajstić information content (AvgIpc) is 3.45. The molecule has 0 bridgehead atoms. The van der Waals surface area contributed by atoms with E-state index in [9.17, 15) is 9.90 Å². The highest BCUT2D eigenvalue weighted by Crippen LogP contribution is 2.60. The summed E-state index contributed by atoms with van der Waals surface area (Å²) < 4.78 is 40.9. The third-order valence-corrected chi connectivity index (χ3v) is 7.64. The Bertz CT molecular complexity index is 1390. The number of methoxy groups -OCH3 is 4. The van der Waals surface area contributed by atoms with Gasteiger partial charge in [0.05, 0.1) is 40.1 Å². The lowest BCUT2D eigenvalue weighted by Crippen LogP contribution is -2.29. The minimum absolute atomic E-state index is 0.0177. The molecule has 9 heteroatoms. The van der Waals surface area contributed by atoms with Gasteiger partial charge in [-0.15, -0.1) is 0 Å². The van der Waals surface area contributed by atoms with Crippen LogP contribution in [-0.2, 0) is 4.74 Å². The van der Waals surface area contributed by atoms with Crippen LogP contribution in [0.1, 0.15) is 47.5 Å². The zero-order chi connectivity index (χ0) is 27.8. The van der Waals surface area contributed by atoms with Gasteiger partial charge >= 0.3 is 5.97 Å². The fraction of sp³-hybridized carbons (Fsp3) is 0.367. The molecular formula is C30H32O9. The summed E-state index contributed by atoms with van der Waals surface area (Å²) in [5, 5.41) is 11.8. The zero-order valence-corrected chi connectivity index (χ0v) is 22.8. The summed E-state index contributed by atoms with van der Waals surface area (Å²) in [6.07, 6.45) is -1.77. The van der Waals surface area contributed by atoms with Crippen molar-refractivity contribution in [2.24, 2.45) is 11.8 Å². The molecule has 1 aliphatic heterocycles. The van der Waals surface area contributed by atoms with Crippen molar-refractivity contribution >= 4 is 5.97 Å². The molecule has 9 nitrogen and oxygen atoms in total. The van der Waals surface area contributed by atoms with Crippen molar-refractivity contribution in [3.05, 3.63) is 59.2 Å². The van der Waals surface area contributed by atoms with Crippen molar-refractivity contribution in [1.82, 2.24) is 0 Å². The molecule has 1 N–H and O–H groups in total. The smallest absolute Gasteiger partial charge is 0.338 e. The highest BCUT2D eigenvalue weighted by Gasteiger charge is 2.43. The summed E-state index contributed by atoms with van der Waals surface area (Å²) in [6.45, 7) is 3.88. The molecule has 1 heterocycles. The molecule has 1 aliphatic carbocycles. The molecule has 0 saturated carbocycles. The Morgan fingerprint density at radius 2 is 1.49 bits per heavy atom. The Labute approximate surface area is 227 Å². The second-order valence-electron chi connectivity index (χ2n) is 9.57. The number of carbonyl (C=O) groups excluding carboxylic acids is 1. The molecule has 39 heavy (non-hydrogen) atoms. The number of aliphatic hydroxyl groups is 1. The number of hydrogen-bond donors (Lipinski definition) is 1. The van der Waals surface area contributed by atoms with Gasteiger partial charge in [-0.3, -0.25) is 0 Å². The maximum Gasteiger partial charge on any atom is 0.338 e. The van der Waals surface area contributed by atoms with Gasteiger partial charge in [0.1, 0.15) is 6.10 Å². The van der Waals surface area contributed by atoms with Crippen molar-refractivity contribution in [2.75, 3.05) is 35.2 Å². The Balaban J connectivity index is 1.86. The molecule has 0 spiro atoms. The van der Waals surface area contributed by atoms with E-state index in [1.165, 1.54) is 28.4 Å². The van der Waals surface area contributed by atoms with Crippen LogP contribution in [0.5, 0.6) is 34.5 Å². The molecular weight excluding hydrogens is 504 g/mol. The predicted octanol–water partition coefficient (Wildman–Crippen LogP) is 5.33. The number of carbonyl (C=O) groups is 1. The number of esters is 1. The van der Waals surface area contributed by atoms with Crippen LogP contribution in [-0.4, -0.2) is 46.3 Å². The SMILES string of the molecule is COc1cc2c(c(OC)c1OC)-c1c(cc3c(c1OC)OCO3)[C@H](O)[C@H](C)[C@H](C)[C@H]2OC(=O)c1ccccc1. The maximum atomic E-state index is 13.4. The van der Waals surface area contributed by atoms with Crippen LogP contribution in [0.2, 0.25) is 0 Å². The third-order valence-electron chi connectivity index (χ3n) is 7.64. The molecule has 0 amide bonds. The van der Waals surface area contributed by atoms with E-state index >= 15 is 0 Å². The van der Waals surface area contributed by atoms with E-state index < -0.39 is 18.2 Å². The molecule has 0 fully saturated rings. The molecule has 3 aromatic carbocycles. The number of hydrogen-bond acceptors (Lipinski definition) is 9. The van der Waals surface area contributed by atoms with E-state index in [4.69, 9.17) is 33.2 Å². The fourth-order valence-electron chi connectivity index (χ4n) is 5.43. The topological polar surface area (TPSA) is 102 Å². The minimum Gasteiger partial charge on any atom is -0.493 e. The van der Waals surface area contributed by atoms with Crippen LogP contribution in [0.3, 0.4) is 0 Å². The van der Waals surface area contributed by atoms with Crippen molar-refractivity contribution in [3.8, 4) is 45.6 Å². The van der Waals surface area contributed by atoms with Gasteiger partial charge in [0, 0.05) is 22.6 Å². The van der Waals surface area contributed by atoms with Gasteiger partial charge in [-0.05, 0) is 35.7 Å². The summed E-state index contributed by atoms with van der Waals surface area (Å²) in [5.41, 5.74) is 2.65. The van der Waals surface area contributed by atoms with Gasteiger partial charge in [0.25, 0.3) is 0 Å². The van der Waals surface area contributed by atoms with E-state index in [2.05, 4.69) is 0 Å². The van der Waals surface area contributed by atoms with E-state index in [-0.39, 0.29) is 18.6 Å². The van der Waals surface area contributed by atoms with Gasteiger partial charge in [-0.2, -0.15) is 0 Å². The van der Waals surface area contributed by atoms with Gasteiger partial charge in [0.15, 0.2) is 23.0 Å². The third kappa shape index (κ3) is 4.27. The Hall–Kier alpha value is -4.11. The van der Waals surface area contributed by atoms with Gasteiger partial charge in [-0.25, -0.2) is 4.79 Å². The van der Waals surface area contributed by atoms with Crippen LogP contribution in [0, 0.1) is 11.8 Å². The first kappa shape index (κ1) is 26.5. The van der Waals surface area contributed by atoms with Crippen molar-refractivity contribution in [1.29, 1.82) is 0 Å². The summed E-state index contributed by atoms with van der Waals surface area (Å²) >= 11 is 0. The fourth-order valence-corrected chi connectivity index (χ4v) is 5.43. The molecule has 0 unspecified atom stereocenters. The van der Waals surface area contributed by atoms with Crippen molar-refractivity contribution < 1.29 is 43.1 Å². The molecule has 3 aromatic rings. The van der Waals surface area contributed by atoms with E-state index in [0.29, 0.717) is 62.3 Å².